The number of anilines is 1. The van der Waals surface area contributed by atoms with E-state index in [0.717, 1.165) is 74.7 Å². The number of hydrogen-bond acceptors (Lipinski definition) is 4. The van der Waals surface area contributed by atoms with E-state index < -0.39 is 0 Å². The molecule has 1 amide bonds. The molecule has 1 aromatic carbocycles. The van der Waals surface area contributed by atoms with E-state index in [1.54, 1.807) is 0 Å². The molecule has 2 aromatic rings. The molecule has 142 valence electrons. The fourth-order valence-corrected chi connectivity index (χ4v) is 3.50. The Morgan fingerprint density at radius 3 is 2.65 bits per heavy atom. The number of fused-ring (bicyclic) bond motifs is 1. The Bertz CT molecular complexity index is 746. The highest BCUT2D eigenvalue weighted by Crippen LogP contribution is 2.22. The van der Waals surface area contributed by atoms with Crippen molar-refractivity contribution in [2.75, 3.05) is 38.5 Å². The van der Waals surface area contributed by atoms with Gasteiger partial charge in [-0.15, -0.1) is 0 Å². The summed E-state index contributed by atoms with van der Waals surface area (Å²) in [6.45, 7) is 10.4. The summed E-state index contributed by atoms with van der Waals surface area (Å²) in [5.41, 5.74) is 2.94. The van der Waals surface area contributed by atoms with Gasteiger partial charge in [-0.3, -0.25) is 9.69 Å². The van der Waals surface area contributed by atoms with E-state index in [-0.39, 0.29) is 5.91 Å². The first-order valence-corrected chi connectivity index (χ1v) is 9.80. The maximum atomic E-state index is 12.0. The molecule has 1 N–H and O–H groups in total. The number of piperazine rings is 1. The molecule has 1 fully saturated rings. The summed E-state index contributed by atoms with van der Waals surface area (Å²) in [7, 11) is 2.18. The van der Waals surface area contributed by atoms with E-state index in [9.17, 15) is 4.79 Å². The van der Waals surface area contributed by atoms with E-state index in [4.69, 9.17) is 4.98 Å². The number of likely N-dealkylation sites (N-methyl/N-ethyl adjacent to an activating group) is 1. The molecule has 0 unspecified atom stereocenters. The smallest absolute Gasteiger partial charge is 0.224 e. The van der Waals surface area contributed by atoms with Crippen LogP contribution in [0.5, 0.6) is 0 Å². The normalized spacial score (nSPS) is 16.3. The van der Waals surface area contributed by atoms with E-state index in [0.29, 0.717) is 6.42 Å². The number of nitrogens with one attached hydrogen (secondary N) is 1. The van der Waals surface area contributed by atoms with Gasteiger partial charge in [0, 0.05) is 44.8 Å². The van der Waals surface area contributed by atoms with Gasteiger partial charge in [0.15, 0.2) is 0 Å². The Morgan fingerprint density at radius 2 is 1.96 bits per heavy atom. The highest BCUT2D eigenvalue weighted by atomic mass is 16.1. The van der Waals surface area contributed by atoms with Crippen molar-refractivity contribution in [1.82, 2.24) is 19.4 Å². The van der Waals surface area contributed by atoms with Gasteiger partial charge in [-0.2, -0.15) is 0 Å². The molecule has 0 aliphatic carbocycles. The Balaban J connectivity index is 1.76. The first-order chi connectivity index (χ1) is 12.6. The second-order valence-electron chi connectivity index (χ2n) is 7.21. The van der Waals surface area contributed by atoms with Crippen LogP contribution in [0.15, 0.2) is 18.2 Å². The molecular weight excluding hydrogens is 326 g/mol. The lowest BCUT2D eigenvalue weighted by atomic mass is 10.2. The van der Waals surface area contributed by atoms with E-state index in [1.807, 2.05) is 12.1 Å². The van der Waals surface area contributed by atoms with Crippen molar-refractivity contribution in [1.29, 1.82) is 0 Å². The minimum absolute atomic E-state index is 0.0822. The van der Waals surface area contributed by atoms with Gasteiger partial charge in [-0.05, 0) is 38.6 Å². The van der Waals surface area contributed by atoms with Crippen molar-refractivity contribution >= 4 is 22.6 Å². The fraction of sp³-hybridized carbons (Fsp3) is 0.600. The van der Waals surface area contributed by atoms with Crippen molar-refractivity contribution < 1.29 is 4.79 Å². The Morgan fingerprint density at radius 1 is 1.19 bits per heavy atom. The minimum Gasteiger partial charge on any atom is -0.327 e. The van der Waals surface area contributed by atoms with Crippen molar-refractivity contribution in [3.05, 3.63) is 24.0 Å². The van der Waals surface area contributed by atoms with Gasteiger partial charge in [-0.25, -0.2) is 4.98 Å². The third-order valence-corrected chi connectivity index (χ3v) is 5.15. The Kier molecular flexibility index (Phi) is 6.27. The van der Waals surface area contributed by atoms with Gasteiger partial charge in [0.25, 0.3) is 0 Å². The number of unbranched alkanes of at least 4 members (excludes halogenated alkanes) is 1. The van der Waals surface area contributed by atoms with Gasteiger partial charge in [0.05, 0.1) is 17.6 Å². The van der Waals surface area contributed by atoms with Crippen LogP contribution in [0, 0.1) is 0 Å². The van der Waals surface area contributed by atoms with E-state index >= 15 is 0 Å². The van der Waals surface area contributed by atoms with Gasteiger partial charge in [0.1, 0.15) is 5.82 Å². The Labute approximate surface area is 156 Å². The average molecular weight is 358 g/mol. The molecule has 0 saturated carbocycles. The van der Waals surface area contributed by atoms with Crippen LogP contribution in [0.3, 0.4) is 0 Å². The number of hydrogen-bond donors (Lipinski definition) is 1. The number of rotatable bonds is 7. The van der Waals surface area contributed by atoms with Crippen molar-refractivity contribution in [3.63, 3.8) is 0 Å². The van der Waals surface area contributed by atoms with Crippen LogP contribution in [0.25, 0.3) is 11.0 Å². The van der Waals surface area contributed by atoms with Crippen LogP contribution in [0.4, 0.5) is 5.69 Å². The topological polar surface area (TPSA) is 53.4 Å². The zero-order valence-electron chi connectivity index (χ0n) is 16.3. The lowest BCUT2D eigenvalue weighted by Gasteiger charge is -2.32. The zero-order chi connectivity index (χ0) is 18.5. The predicted octanol–water partition coefficient (Wildman–Crippen LogP) is 2.93. The van der Waals surface area contributed by atoms with Crippen LogP contribution in [-0.4, -0.2) is 58.5 Å². The standard InChI is InChI=1S/C20H31N5O/c1-4-6-7-20(26)21-16-8-9-18-17(14-16)22-19(25(18)5-2)15-24-12-10-23(3)11-13-24/h8-9,14H,4-7,10-13,15H2,1-3H3,(H,21,26). The van der Waals surface area contributed by atoms with Gasteiger partial charge in [-0.1, -0.05) is 13.3 Å². The summed E-state index contributed by atoms with van der Waals surface area (Å²) in [6.07, 6.45) is 2.53. The molecule has 3 rings (SSSR count). The summed E-state index contributed by atoms with van der Waals surface area (Å²) < 4.78 is 2.29. The average Bonchev–Trinajstić information content (AvgIpc) is 2.98. The number of aryl methyl sites for hydroxylation is 1. The highest BCUT2D eigenvalue weighted by molar-refractivity contribution is 5.93. The van der Waals surface area contributed by atoms with Crippen LogP contribution in [0.1, 0.15) is 38.9 Å². The van der Waals surface area contributed by atoms with Crippen molar-refractivity contribution in [2.45, 2.75) is 46.2 Å². The number of nitrogens with zero attached hydrogens (tertiary/aromatic N) is 4. The fourth-order valence-electron chi connectivity index (χ4n) is 3.50. The predicted molar refractivity (Wildman–Crippen MR) is 106 cm³/mol. The maximum Gasteiger partial charge on any atom is 0.224 e. The van der Waals surface area contributed by atoms with Crippen molar-refractivity contribution in [3.8, 4) is 0 Å². The molecule has 0 radical (unpaired) electrons. The first kappa shape index (κ1) is 18.9. The molecule has 0 bridgehead atoms. The molecule has 6 nitrogen and oxygen atoms in total. The molecule has 1 aliphatic rings. The van der Waals surface area contributed by atoms with Crippen molar-refractivity contribution in [2.24, 2.45) is 0 Å². The SMILES string of the molecule is CCCCC(=O)Nc1ccc2c(c1)nc(CN1CCN(C)CC1)n2CC. The largest absolute Gasteiger partial charge is 0.327 e. The summed E-state index contributed by atoms with van der Waals surface area (Å²) in [5, 5.41) is 3.00. The number of carbonyl (C=O) groups is 1. The third kappa shape index (κ3) is 4.43. The quantitative estimate of drug-likeness (QED) is 0.828. The number of carbonyl (C=O) groups excluding carboxylic acids is 1. The first-order valence-electron chi connectivity index (χ1n) is 9.80. The molecule has 0 spiro atoms. The van der Waals surface area contributed by atoms with Gasteiger partial charge >= 0.3 is 0 Å². The number of benzene rings is 1. The zero-order valence-corrected chi connectivity index (χ0v) is 16.3. The monoisotopic (exact) mass is 357 g/mol. The summed E-state index contributed by atoms with van der Waals surface area (Å²) in [5.74, 6) is 1.19. The molecule has 1 saturated heterocycles. The highest BCUT2D eigenvalue weighted by Gasteiger charge is 2.18. The molecule has 1 aliphatic heterocycles. The van der Waals surface area contributed by atoms with Crippen LogP contribution in [0.2, 0.25) is 0 Å². The van der Waals surface area contributed by atoms with E-state index in [2.05, 4.69) is 46.6 Å². The second-order valence-corrected chi connectivity index (χ2v) is 7.21. The molecule has 1 aromatic heterocycles. The molecule has 26 heavy (non-hydrogen) atoms. The van der Waals surface area contributed by atoms with Crippen LogP contribution in [-0.2, 0) is 17.9 Å². The summed E-state index contributed by atoms with van der Waals surface area (Å²) in [4.78, 5) is 21.7. The lowest BCUT2D eigenvalue weighted by molar-refractivity contribution is -0.116. The molecule has 2 heterocycles. The second kappa shape index (κ2) is 8.64. The summed E-state index contributed by atoms with van der Waals surface area (Å²) >= 11 is 0. The summed E-state index contributed by atoms with van der Waals surface area (Å²) in [6, 6.07) is 6.06. The molecule has 6 heteroatoms. The van der Waals surface area contributed by atoms with Crippen LogP contribution >= 0.6 is 0 Å². The van der Waals surface area contributed by atoms with E-state index in [1.165, 1.54) is 0 Å². The lowest BCUT2D eigenvalue weighted by Crippen LogP contribution is -2.44. The minimum atomic E-state index is 0.0822. The third-order valence-electron chi connectivity index (χ3n) is 5.15. The van der Waals surface area contributed by atoms with Gasteiger partial charge in [0.2, 0.25) is 5.91 Å². The molecule has 0 atom stereocenters. The van der Waals surface area contributed by atoms with Crippen LogP contribution < -0.4 is 5.32 Å². The molecular formula is C20H31N5O. The number of imidazole rings is 1. The van der Waals surface area contributed by atoms with Gasteiger partial charge < -0.3 is 14.8 Å². The Hall–Kier alpha value is -1.92. The number of aromatic nitrogens is 2. The maximum absolute atomic E-state index is 12.0. The number of amides is 1.